The molecule has 1 atom stereocenters. The predicted molar refractivity (Wildman–Crippen MR) is 101 cm³/mol. The van der Waals surface area contributed by atoms with Gasteiger partial charge in [-0.15, -0.1) is 10.2 Å². The van der Waals surface area contributed by atoms with Gasteiger partial charge in [0, 0.05) is 11.8 Å². The molecule has 4 nitrogen and oxygen atoms in total. The van der Waals surface area contributed by atoms with Gasteiger partial charge in [-0.25, -0.2) is 0 Å². The lowest BCUT2D eigenvalue weighted by molar-refractivity contribution is -0.0498. The van der Waals surface area contributed by atoms with Crippen molar-refractivity contribution in [1.29, 1.82) is 0 Å². The molecule has 1 N–H and O–H groups in total. The maximum absolute atomic E-state index is 12.2. The topological polar surface area (TPSA) is 47.0 Å². The molecule has 0 fully saturated rings. The average Bonchev–Trinajstić information content (AvgIpc) is 3.08. The molecular formula is C18H17F2N3OS2. The van der Waals surface area contributed by atoms with Gasteiger partial charge in [-0.2, -0.15) is 8.78 Å². The summed E-state index contributed by atoms with van der Waals surface area (Å²) < 4.78 is 29.6. The molecule has 2 aromatic carbocycles. The number of nitrogens with zero attached hydrogens (tertiary/aromatic N) is 2. The number of thioether (sulfide) groups is 1. The van der Waals surface area contributed by atoms with Crippen LogP contribution in [0.1, 0.15) is 23.3 Å². The van der Waals surface area contributed by atoms with Crippen molar-refractivity contribution in [2.24, 2.45) is 0 Å². The van der Waals surface area contributed by atoms with Gasteiger partial charge >= 0.3 is 6.61 Å². The van der Waals surface area contributed by atoms with Crippen LogP contribution in [-0.2, 0) is 6.54 Å². The van der Waals surface area contributed by atoms with Crippen molar-refractivity contribution >= 4 is 28.2 Å². The third kappa shape index (κ3) is 5.40. The second-order valence-corrected chi connectivity index (χ2v) is 7.99. The molecule has 0 amide bonds. The first-order valence-electron chi connectivity index (χ1n) is 7.93. The largest absolute Gasteiger partial charge is 0.435 e. The molecule has 0 aliphatic heterocycles. The summed E-state index contributed by atoms with van der Waals surface area (Å²) in [6, 6.07) is 16.7. The molecule has 0 bridgehead atoms. The van der Waals surface area contributed by atoms with E-state index in [9.17, 15) is 8.78 Å². The van der Waals surface area contributed by atoms with E-state index in [4.69, 9.17) is 0 Å². The Bertz CT molecular complexity index is 813. The zero-order valence-corrected chi connectivity index (χ0v) is 15.6. The van der Waals surface area contributed by atoms with Crippen LogP contribution in [0.25, 0.3) is 0 Å². The molecule has 1 heterocycles. The van der Waals surface area contributed by atoms with Crippen LogP contribution in [0.4, 0.5) is 13.9 Å². The van der Waals surface area contributed by atoms with E-state index in [-0.39, 0.29) is 11.0 Å². The average molecular weight is 393 g/mol. The van der Waals surface area contributed by atoms with E-state index in [2.05, 4.69) is 20.3 Å². The normalized spacial score (nSPS) is 12.2. The maximum atomic E-state index is 12.2. The standard InChI is InChI=1S/C18H17F2N3OS2/c1-12(14-7-9-15(10-8-14)24-16(19)20)25-18-23-22-17(26-18)21-11-13-5-3-2-4-6-13/h2-10,12,16H,11H2,1H3,(H,21,22). The number of anilines is 1. The number of hydrogen-bond acceptors (Lipinski definition) is 6. The smallest absolute Gasteiger partial charge is 0.387 e. The quantitative estimate of drug-likeness (QED) is 0.505. The Balaban J connectivity index is 1.54. The highest BCUT2D eigenvalue weighted by molar-refractivity contribution is 8.01. The summed E-state index contributed by atoms with van der Waals surface area (Å²) >= 11 is 3.07. The van der Waals surface area contributed by atoms with Crippen molar-refractivity contribution in [3.8, 4) is 5.75 Å². The lowest BCUT2D eigenvalue weighted by atomic mass is 10.2. The minimum absolute atomic E-state index is 0.116. The lowest BCUT2D eigenvalue weighted by Crippen LogP contribution is -2.01. The predicted octanol–water partition coefficient (Wildman–Crippen LogP) is 5.60. The third-order valence-corrected chi connectivity index (χ3v) is 5.67. The van der Waals surface area contributed by atoms with Gasteiger partial charge in [0.1, 0.15) is 5.75 Å². The minimum atomic E-state index is -2.81. The number of alkyl halides is 2. The summed E-state index contributed by atoms with van der Waals surface area (Å²) in [6.07, 6.45) is 0. The highest BCUT2D eigenvalue weighted by atomic mass is 32.2. The van der Waals surface area contributed by atoms with Crippen LogP contribution in [-0.4, -0.2) is 16.8 Å². The highest BCUT2D eigenvalue weighted by Gasteiger charge is 2.13. The monoisotopic (exact) mass is 393 g/mol. The molecule has 0 spiro atoms. The molecule has 0 radical (unpaired) electrons. The Morgan fingerprint density at radius 1 is 1.08 bits per heavy atom. The van der Waals surface area contributed by atoms with E-state index < -0.39 is 6.61 Å². The van der Waals surface area contributed by atoms with E-state index in [1.54, 1.807) is 36.0 Å². The summed E-state index contributed by atoms with van der Waals surface area (Å²) in [5, 5.41) is 12.5. The molecule has 26 heavy (non-hydrogen) atoms. The van der Waals surface area contributed by atoms with Crippen LogP contribution in [0, 0.1) is 0 Å². The molecule has 0 saturated heterocycles. The first-order valence-corrected chi connectivity index (χ1v) is 9.62. The number of rotatable bonds is 8. The van der Waals surface area contributed by atoms with Gasteiger partial charge in [-0.1, -0.05) is 65.6 Å². The molecule has 136 valence electrons. The van der Waals surface area contributed by atoms with Crippen molar-refractivity contribution < 1.29 is 13.5 Å². The number of benzene rings is 2. The Morgan fingerprint density at radius 2 is 1.81 bits per heavy atom. The minimum Gasteiger partial charge on any atom is -0.435 e. The van der Waals surface area contributed by atoms with Crippen LogP contribution in [0.5, 0.6) is 5.75 Å². The number of hydrogen-bond donors (Lipinski definition) is 1. The molecule has 0 saturated carbocycles. The van der Waals surface area contributed by atoms with E-state index >= 15 is 0 Å². The van der Waals surface area contributed by atoms with Crippen molar-refractivity contribution in [2.45, 2.75) is 29.7 Å². The van der Waals surface area contributed by atoms with E-state index in [0.29, 0.717) is 6.54 Å². The van der Waals surface area contributed by atoms with Gasteiger partial charge in [0.2, 0.25) is 5.13 Å². The summed E-state index contributed by atoms with van der Waals surface area (Å²) in [4.78, 5) is 0. The zero-order valence-electron chi connectivity index (χ0n) is 13.9. The second kappa shape index (κ2) is 8.95. The number of nitrogens with one attached hydrogen (secondary N) is 1. The van der Waals surface area contributed by atoms with Crippen molar-refractivity contribution in [3.05, 3.63) is 65.7 Å². The van der Waals surface area contributed by atoms with Crippen molar-refractivity contribution in [3.63, 3.8) is 0 Å². The van der Waals surface area contributed by atoms with Crippen LogP contribution in [0.2, 0.25) is 0 Å². The second-order valence-electron chi connectivity index (χ2n) is 5.42. The van der Waals surface area contributed by atoms with Crippen LogP contribution < -0.4 is 10.1 Å². The van der Waals surface area contributed by atoms with Crippen LogP contribution >= 0.6 is 23.1 Å². The molecular weight excluding hydrogens is 376 g/mol. The Labute approximate surface area is 158 Å². The maximum Gasteiger partial charge on any atom is 0.387 e. The fourth-order valence-electron chi connectivity index (χ4n) is 2.24. The molecule has 0 aliphatic rings. The zero-order chi connectivity index (χ0) is 18.4. The third-order valence-electron chi connectivity index (χ3n) is 3.55. The van der Waals surface area contributed by atoms with E-state index in [1.807, 2.05) is 37.3 Å². The highest BCUT2D eigenvalue weighted by Crippen LogP contribution is 2.37. The molecule has 3 aromatic rings. The number of ether oxygens (including phenoxy) is 1. The Hall–Kier alpha value is -2.19. The van der Waals surface area contributed by atoms with Crippen molar-refractivity contribution in [2.75, 3.05) is 5.32 Å². The van der Waals surface area contributed by atoms with E-state index in [1.165, 1.54) is 16.9 Å². The first kappa shape index (κ1) is 18.6. The SMILES string of the molecule is CC(Sc1nnc(NCc2ccccc2)s1)c1ccc(OC(F)F)cc1. The lowest BCUT2D eigenvalue weighted by Gasteiger charge is -2.10. The van der Waals surface area contributed by atoms with Gasteiger partial charge in [0.05, 0.1) is 0 Å². The summed E-state index contributed by atoms with van der Waals surface area (Å²) in [5.74, 6) is 0.157. The van der Waals surface area contributed by atoms with Crippen molar-refractivity contribution in [1.82, 2.24) is 10.2 Å². The van der Waals surface area contributed by atoms with Gasteiger partial charge in [-0.3, -0.25) is 0 Å². The summed E-state index contributed by atoms with van der Waals surface area (Å²) in [5.41, 5.74) is 2.18. The first-order chi connectivity index (χ1) is 12.6. The fraction of sp³-hybridized carbons (Fsp3) is 0.222. The van der Waals surface area contributed by atoms with Gasteiger partial charge in [0.15, 0.2) is 4.34 Å². The molecule has 3 rings (SSSR count). The molecule has 0 aliphatic carbocycles. The molecule has 8 heteroatoms. The van der Waals surface area contributed by atoms with Gasteiger partial charge < -0.3 is 10.1 Å². The fourth-order valence-corrected chi connectivity index (χ4v) is 4.26. The van der Waals surface area contributed by atoms with Crippen LogP contribution in [0.3, 0.4) is 0 Å². The van der Waals surface area contributed by atoms with E-state index in [0.717, 1.165) is 15.0 Å². The molecule has 1 unspecified atom stereocenters. The number of halogens is 2. The number of aromatic nitrogens is 2. The van der Waals surface area contributed by atoms with Crippen LogP contribution in [0.15, 0.2) is 58.9 Å². The van der Waals surface area contributed by atoms with Gasteiger partial charge in [-0.05, 0) is 30.2 Å². The van der Waals surface area contributed by atoms with Gasteiger partial charge in [0.25, 0.3) is 0 Å². The summed E-state index contributed by atoms with van der Waals surface area (Å²) in [6.45, 7) is -0.0798. The Morgan fingerprint density at radius 3 is 2.50 bits per heavy atom. The Kier molecular flexibility index (Phi) is 6.40. The molecule has 1 aromatic heterocycles. The summed E-state index contributed by atoms with van der Waals surface area (Å²) in [7, 11) is 0.